The van der Waals surface area contributed by atoms with E-state index >= 15 is 0 Å². The molecule has 0 saturated heterocycles. The summed E-state index contributed by atoms with van der Waals surface area (Å²) < 4.78 is 35.5. The first kappa shape index (κ1) is 22.6. The number of hydrogen-bond donors (Lipinski definition) is 2. The van der Waals surface area contributed by atoms with Gasteiger partial charge in [-0.25, -0.2) is 19.0 Å². The van der Waals surface area contributed by atoms with Crippen LogP contribution in [-0.4, -0.2) is 27.4 Å². The van der Waals surface area contributed by atoms with Gasteiger partial charge in [0.15, 0.2) is 0 Å². The van der Waals surface area contributed by atoms with Gasteiger partial charge >= 0.3 is 5.69 Å². The summed E-state index contributed by atoms with van der Waals surface area (Å²) in [5.74, 6) is -3.34. The molecular formula is C21H30F2N4O3S. The smallest absolute Gasteiger partial charge is 0.332 e. The Hall–Kier alpha value is -1.62. The fourth-order valence-corrected chi connectivity index (χ4v) is 5.07. The topological polar surface area (TPSA) is 77.3 Å². The average molecular weight is 457 g/mol. The van der Waals surface area contributed by atoms with Gasteiger partial charge in [0.1, 0.15) is 11.6 Å². The van der Waals surface area contributed by atoms with Gasteiger partial charge in [-0.15, -0.1) is 11.3 Å². The van der Waals surface area contributed by atoms with Crippen LogP contribution >= 0.6 is 11.3 Å². The minimum atomic E-state index is -2.73. The molecule has 2 aromatic heterocycles. The maximum Gasteiger partial charge on any atom is 0.332 e. The molecule has 0 spiro atoms. The highest BCUT2D eigenvalue weighted by Gasteiger charge is 2.57. The van der Waals surface area contributed by atoms with Crippen molar-refractivity contribution < 1.29 is 13.5 Å². The highest BCUT2D eigenvalue weighted by Crippen LogP contribution is 2.50. The second-order valence-corrected chi connectivity index (χ2v) is 10.9. The van der Waals surface area contributed by atoms with E-state index in [1.807, 2.05) is 34.6 Å². The largest absolute Gasteiger partial charge is 0.359 e. The van der Waals surface area contributed by atoms with Crippen molar-refractivity contribution in [3.8, 4) is 0 Å². The second-order valence-electron chi connectivity index (χ2n) is 9.77. The zero-order valence-corrected chi connectivity index (χ0v) is 19.4. The van der Waals surface area contributed by atoms with Crippen LogP contribution in [0.3, 0.4) is 0 Å². The van der Waals surface area contributed by atoms with Crippen LogP contribution in [0.25, 0.3) is 10.2 Å². The molecule has 2 heterocycles. The number of aromatic nitrogens is 2. The second kappa shape index (κ2) is 7.75. The van der Waals surface area contributed by atoms with E-state index in [-0.39, 0.29) is 36.1 Å². The molecule has 0 aromatic carbocycles. The highest BCUT2D eigenvalue weighted by atomic mass is 32.1. The van der Waals surface area contributed by atoms with Gasteiger partial charge in [-0.3, -0.25) is 19.4 Å². The Balaban J connectivity index is 1.66. The van der Waals surface area contributed by atoms with Crippen LogP contribution in [0.4, 0.5) is 8.78 Å². The third-order valence-corrected chi connectivity index (χ3v) is 7.37. The molecule has 0 amide bonds. The van der Waals surface area contributed by atoms with Gasteiger partial charge < -0.3 is 4.74 Å². The third kappa shape index (κ3) is 4.48. The molecule has 2 aromatic rings. The standard InChI is InChI=1S/C21H30F2N4O3S/c1-11-6-14(11)27-17(28)16-12(2)15(8-24-25-10-30-20(3,4)5)31-18(16)26(19(27)29)9-13-7-21(13,22)23/h11,13-14,24-25H,6-10H2,1-5H3/t11-,13?,14-/m0/s1. The molecule has 2 aliphatic rings. The number of alkyl halides is 2. The van der Waals surface area contributed by atoms with E-state index in [1.165, 1.54) is 20.5 Å². The molecule has 2 N–H and O–H groups in total. The maximum absolute atomic E-state index is 13.6. The van der Waals surface area contributed by atoms with Gasteiger partial charge in [0, 0.05) is 36.3 Å². The number of aryl methyl sites for hydroxylation is 1. The van der Waals surface area contributed by atoms with Crippen LogP contribution in [-0.2, 0) is 17.8 Å². The number of hydrogen-bond acceptors (Lipinski definition) is 6. The van der Waals surface area contributed by atoms with Gasteiger partial charge in [-0.1, -0.05) is 6.92 Å². The minimum absolute atomic E-state index is 0.0613. The van der Waals surface area contributed by atoms with Crippen molar-refractivity contribution in [2.24, 2.45) is 11.8 Å². The maximum atomic E-state index is 13.6. The summed E-state index contributed by atoms with van der Waals surface area (Å²) in [7, 11) is 0. The lowest BCUT2D eigenvalue weighted by atomic mass is 10.2. The minimum Gasteiger partial charge on any atom is -0.359 e. The molecule has 2 saturated carbocycles. The zero-order valence-electron chi connectivity index (χ0n) is 18.6. The van der Waals surface area contributed by atoms with E-state index in [0.29, 0.717) is 23.5 Å². The van der Waals surface area contributed by atoms with Crippen molar-refractivity contribution in [2.75, 3.05) is 6.73 Å². The molecular weight excluding hydrogens is 426 g/mol. The summed E-state index contributed by atoms with van der Waals surface area (Å²) in [6.45, 7) is 10.4. The monoisotopic (exact) mass is 456 g/mol. The highest BCUT2D eigenvalue weighted by molar-refractivity contribution is 7.18. The van der Waals surface area contributed by atoms with Gasteiger partial charge in [0.25, 0.3) is 11.5 Å². The number of rotatable bonds is 8. The van der Waals surface area contributed by atoms with Crippen molar-refractivity contribution in [3.63, 3.8) is 0 Å². The predicted octanol–water partition coefficient (Wildman–Crippen LogP) is 3.14. The molecule has 0 radical (unpaired) electrons. The van der Waals surface area contributed by atoms with Gasteiger partial charge in [-0.2, -0.15) is 0 Å². The summed E-state index contributed by atoms with van der Waals surface area (Å²) in [5.41, 5.74) is 5.80. The van der Waals surface area contributed by atoms with E-state index in [9.17, 15) is 18.4 Å². The molecule has 172 valence electrons. The Labute approximate surface area is 183 Å². The van der Waals surface area contributed by atoms with Crippen molar-refractivity contribution in [2.45, 2.75) is 78.1 Å². The van der Waals surface area contributed by atoms with Gasteiger partial charge in [-0.05, 0) is 45.6 Å². The Morgan fingerprint density at radius 1 is 1.26 bits per heavy atom. The van der Waals surface area contributed by atoms with Crippen molar-refractivity contribution in [3.05, 3.63) is 31.3 Å². The summed E-state index contributed by atoms with van der Waals surface area (Å²) in [6.07, 6.45) is 0.548. The van der Waals surface area contributed by atoms with Crippen LogP contribution in [0.1, 0.15) is 57.0 Å². The molecule has 3 atom stereocenters. The van der Waals surface area contributed by atoms with Crippen molar-refractivity contribution in [1.82, 2.24) is 20.0 Å². The number of nitrogens with one attached hydrogen (secondary N) is 2. The number of hydrazine groups is 1. The first-order valence-corrected chi connectivity index (χ1v) is 11.5. The number of fused-ring (bicyclic) bond motifs is 1. The van der Waals surface area contributed by atoms with Gasteiger partial charge in [0.2, 0.25) is 0 Å². The van der Waals surface area contributed by atoms with Crippen LogP contribution in [0, 0.1) is 18.8 Å². The summed E-state index contributed by atoms with van der Waals surface area (Å²) in [6, 6.07) is -0.146. The van der Waals surface area contributed by atoms with E-state index in [0.717, 1.165) is 16.9 Å². The molecule has 10 heteroatoms. The van der Waals surface area contributed by atoms with E-state index < -0.39 is 17.5 Å². The Morgan fingerprint density at radius 2 is 1.90 bits per heavy atom. The lowest BCUT2D eigenvalue weighted by Crippen LogP contribution is -2.40. The van der Waals surface area contributed by atoms with Crippen LogP contribution in [0.5, 0.6) is 0 Å². The molecule has 4 rings (SSSR count). The number of thiophene rings is 1. The van der Waals surface area contributed by atoms with Crippen LogP contribution < -0.4 is 22.1 Å². The lowest BCUT2D eigenvalue weighted by Gasteiger charge is -2.19. The SMILES string of the molecule is Cc1c(CNNCOC(C)(C)C)sc2c1c(=O)n([C@H]1C[C@@H]1C)c(=O)n2CC1CC1(F)F. The Morgan fingerprint density at radius 3 is 2.45 bits per heavy atom. The molecule has 0 aliphatic heterocycles. The fourth-order valence-electron chi connectivity index (χ4n) is 3.83. The summed E-state index contributed by atoms with van der Waals surface area (Å²) in [4.78, 5) is 27.8. The van der Waals surface area contributed by atoms with Crippen LogP contribution in [0.15, 0.2) is 9.59 Å². The van der Waals surface area contributed by atoms with E-state index in [1.54, 1.807) is 0 Å². The Bertz CT molecular complexity index is 1110. The lowest BCUT2D eigenvalue weighted by molar-refractivity contribution is -0.0184. The number of halogens is 2. The molecule has 2 fully saturated rings. The zero-order chi connectivity index (χ0) is 22.7. The molecule has 1 unspecified atom stereocenters. The van der Waals surface area contributed by atoms with Crippen molar-refractivity contribution in [1.29, 1.82) is 0 Å². The molecule has 31 heavy (non-hydrogen) atoms. The fraction of sp³-hybridized carbons (Fsp3) is 0.714. The van der Waals surface area contributed by atoms with E-state index in [4.69, 9.17) is 4.74 Å². The predicted molar refractivity (Wildman–Crippen MR) is 117 cm³/mol. The van der Waals surface area contributed by atoms with Crippen molar-refractivity contribution >= 4 is 21.6 Å². The molecule has 2 aliphatic carbocycles. The first-order chi connectivity index (χ1) is 14.4. The average Bonchev–Trinajstić information content (AvgIpc) is 3.47. The quantitative estimate of drug-likeness (QED) is 0.363. The summed E-state index contributed by atoms with van der Waals surface area (Å²) in [5, 5.41) is 0.468. The third-order valence-electron chi connectivity index (χ3n) is 6.05. The normalized spacial score (nSPS) is 24.7. The molecule has 7 nitrogen and oxygen atoms in total. The summed E-state index contributed by atoms with van der Waals surface area (Å²) >= 11 is 1.32. The van der Waals surface area contributed by atoms with E-state index in [2.05, 4.69) is 10.9 Å². The Kier molecular flexibility index (Phi) is 5.65. The number of nitrogens with zero attached hydrogens (tertiary/aromatic N) is 2. The van der Waals surface area contributed by atoms with Gasteiger partial charge in [0.05, 0.1) is 11.0 Å². The molecule has 0 bridgehead atoms. The number of ether oxygens (including phenoxy) is 1. The first-order valence-electron chi connectivity index (χ1n) is 10.7. The van der Waals surface area contributed by atoms with Crippen LogP contribution in [0.2, 0.25) is 0 Å².